The lowest BCUT2D eigenvalue weighted by Gasteiger charge is -2.25. The highest BCUT2D eigenvalue weighted by Crippen LogP contribution is 2.19. The van der Waals surface area contributed by atoms with Gasteiger partial charge in [-0.2, -0.15) is 0 Å². The average molecular weight is 257 g/mol. The van der Waals surface area contributed by atoms with Gasteiger partial charge in [0.15, 0.2) is 0 Å². The van der Waals surface area contributed by atoms with Crippen LogP contribution < -0.4 is 5.73 Å². The molecule has 110 valence electrons. The van der Waals surface area contributed by atoms with Crippen LogP contribution in [-0.4, -0.2) is 10.8 Å². The second kappa shape index (κ2) is 10.8. The van der Waals surface area contributed by atoms with Gasteiger partial charge in [0.25, 0.3) is 0 Å². The number of rotatable bonds is 12. The third-order valence-electron chi connectivity index (χ3n) is 3.99. The third kappa shape index (κ3) is 11.0. The molecule has 2 unspecified atom stereocenters. The van der Waals surface area contributed by atoms with Crippen molar-refractivity contribution in [2.45, 2.75) is 97.1 Å². The smallest absolute Gasteiger partial charge is 0.113 e. The van der Waals surface area contributed by atoms with Gasteiger partial charge in [0.05, 0.1) is 0 Å². The van der Waals surface area contributed by atoms with E-state index in [1.807, 2.05) is 6.92 Å². The number of hydrogen-bond donors (Lipinski definition) is 2. The van der Waals surface area contributed by atoms with Gasteiger partial charge in [0, 0.05) is 0 Å². The lowest BCUT2D eigenvalue weighted by molar-refractivity contribution is 0.00810. The van der Waals surface area contributed by atoms with E-state index in [0.29, 0.717) is 0 Å². The molecule has 0 saturated carbocycles. The van der Waals surface area contributed by atoms with Gasteiger partial charge in [-0.3, -0.25) is 0 Å². The van der Waals surface area contributed by atoms with E-state index in [4.69, 9.17) is 5.73 Å². The molecule has 2 atom stereocenters. The molecule has 18 heavy (non-hydrogen) atoms. The fourth-order valence-corrected chi connectivity index (χ4v) is 2.23. The molecule has 2 nitrogen and oxygen atoms in total. The first-order valence-electron chi connectivity index (χ1n) is 7.99. The van der Waals surface area contributed by atoms with Crippen LogP contribution in [0.15, 0.2) is 0 Å². The monoisotopic (exact) mass is 257 g/mol. The molecule has 0 bridgehead atoms. The normalized spacial score (nSPS) is 16.5. The van der Waals surface area contributed by atoms with Gasteiger partial charge in [-0.25, -0.2) is 0 Å². The van der Waals surface area contributed by atoms with Gasteiger partial charge in [-0.05, 0) is 19.3 Å². The Balaban J connectivity index is 3.17. The van der Waals surface area contributed by atoms with E-state index < -0.39 is 5.72 Å². The molecule has 0 radical (unpaired) electrons. The van der Waals surface area contributed by atoms with Gasteiger partial charge < -0.3 is 10.8 Å². The summed E-state index contributed by atoms with van der Waals surface area (Å²) in [5.74, 6) is 0.201. The van der Waals surface area contributed by atoms with E-state index in [9.17, 15) is 5.11 Å². The molecule has 0 aliphatic carbocycles. The molecule has 3 N–H and O–H groups in total. The minimum atomic E-state index is -1.00. The highest BCUT2D eigenvalue weighted by atomic mass is 16.3. The maximum absolute atomic E-state index is 9.61. The van der Waals surface area contributed by atoms with Crippen molar-refractivity contribution in [3.63, 3.8) is 0 Å². The van der Waals surface area contributed by atoms with E-state index in [0.717, 1.165) is 6.42 Å². The largest absolute Gasteiger partial charge is 0.376 e. The molecule has 0 amide bonds. The summed E-state index contributed by atoms with van der Waals surface area (Å²) in [7, 11) is 0. The second-order valence-electron chi connectivity index (χ2n) is 6.10. The van der Waals surface area contributed by atoms with Crippen LogP contribution in [0.2, 0.25) is 0 Å². The number of aliphatic hydroxyl groups is 1. The van der Waals surface area contributed by atoms with Crippen LogP contribution in [0.4, 0.5) is 0 Å². The van der Waals surface area contributed by atoms with Crippen LogP contribution in [0.1, 0.15) is 91.4 Å². The molecule has 0 spiro atoms. The summed E-state index contributed by atoms with van der Waals surface area (Å²) >= 11 is 0. The summed E-state index contributed by atoms with van der Waals surface area (Å²) in [6.45, 7) is 6.00. The van der Waals surface area contributed by atoms with Crippen molar-refractivity contribution < 1.29 is 5.11 Å². The molecule has 0 rings (SSSR count). The molecular weight excluding hydrogens is 222 g/mol. The second-order valence-corrected chi connectivity index (χ2v) is 6.10. The molecule has 2 heteroatoms. The minimum Gasteiger partial charge on any atom is -0.376 e. The molecule has 0 heterocycles. The molecule has 0 aromatic rings. The van der Waals surface area contributed by atoms with Crippen LogP contribution in [0, 0.1) is 5.92 Å². The van der Waals surface area contributed by atoms with E-state index in [-0.39, 0.29) is 5.92 Å². The predicted octanol–water partition coefficient (Wildman–Crippen LogP) is 4.60. The lowest BCUT2D eigenvalue weighted by atomic mass is 9.93. The number of hydrogen-bond acceptors (Lipinski definition) is 2. The summed E-state index contributed by atoms with van der Waals surface area (Å²) in [5, 5.41) is 9.61. The Bertz CT molecular complexity index is 174. The van der Waals surface area contributed by atoms with Crippen LogP contribution in [0.3, 0.4) is 0 Å². The molecule has 0 fully saturated rings. The van der Waals surface area contributed by atoms with Crippen molar-refractivity contribution in [1.29, 1.82) is 0 Å². The first kappa shape index (κ1) is 17.9. The van der Waals surface area contributed by atoms with E-state index in [1.165, 1.54) is 64.2 Å². The minimum absolute atomic E-state index is 0.201. The fraction of sp³-hybridized carbons (Fsp3) is 1.00. The Labute approximate surface area is 114 Å². The van der Waals surface area contributed by atoms with E-state index in [1.54, 1.807) is 6.92 Å². The van der Waals surface area contributed by atoms with Crippen molar-refractivity contribution in [3.8, 4) is 0 Å². The van der Waals surface area contributed by atoms with Crippen molar-refractivity contribution in [2.75, 3.05) is 0 Å². The molecular formula is C16H35NO. The van der Waals surface area contributed by atoms with Crippen molar-refractivity contribution >= 4 is 0 Å². The van der Waals surface area contributed by atoms with Crippen LogP contribution in [0.25, 0.3) is 0 Å². The SMILES string of the molecule is CCCCCCCCCCCCC(C)C(C)(N)O. The average Bonchev–Trinajstić information content (AvgIpc) is 2.30. The summed E-state index contributed by atoms with van der Waals surface area (Å²) in [5.41, 5.74) is 4.65. The molecule has 0 aliphatic rings. The maximum atomic E-state index is 9.61. The van der Waals surface area contributed by atoms with E-state index in [2.05, 4.69) is 6.92 Å². The predicted molar refractivity (Wildman–Crippen MR) is 80.4 cm³/mol. The van der Waals surface area contributed by atoms with E-state index >= 15 is 0 Å². The Morgan fingerprint density at radius 2 is 1.28 bits per heavy atom. The Hall–Kier alpha value is -0.0800. The van der Waals surface area contributed by atoms with Crippen LogP contribution in [0.5, 0.6) is 0 Å². The van der Waals surface area contributed by atoms with Crippen molar-refractivity contribution in [2.24, 2.45) is 11.7 Å². The number of unbranched alkanes of at least 4 members (excludes halogenated alkanes) is 9. The van der Waals surface area contributed by atoms with Gasteiger partial charge in [-0.15, -0.1) is 0 Å². The Morgan fingerprint density at radius 3 is 1.67 bits per heavy atom. The standard InChI is InChI=1S/C16H35NO/c1-4-5-6-7-8-9-10-11-12-13-14-15(2)16(3,17)18/h15,18H,4-14,17H2,1-3H3. The highest BCUT2D eigenvalue weighted by Gasteiger charge is 2.21. The van der Waals surface area contributed by atoms with Crippen LogP contribution in [-0.2, 0) is 0 Å². The van der Waals surface area contributed by atoms with Gasteiger partial charge in [0.1, 0.15) is 5.72 Å². The van der Waals surface area contributed by atoms with Crippen molar-refractivity contribution in [3.05, 3.63) is 0 Å². The molecule has 0 saturated heterocycles. The summed E-state index contributed by atoms with van der Waals surface area (Å²) < 4.78 is 0. The fourth-order valence-electron chi connectivity index (χ4n) is 2.23. The third-order valence-corrected chi connectivity index (χ3v) is 3.99. The zero-order valence-corrected chi connectivity index (χ0v) is 12.9. The van der Waals surface area contributed by atoms with Gasteiger partial charge in [-0.1, -0.05) is 78.1 Å². The zero-order valence-electron chi connectivity index (χ0n) is 12.9. The molecule has 0 aromatic carbocycles. The Morgan fingerprint density at radius 1 is 0.889 bits per heavy atom. The number of nitrogens with two attached hydrogens (primary N) is 1. The first-order valence-corrected chi connectivity index (χ1v) is 7.99. The Kier molecular flexibility index (Phi) is 10.8. The van der Waals surface area contributed by atoms with Gasteiger partial charge >= 0.3 is 0 Å². The summed E-state index contributed by atoms with van der Waals surface area (Å²) in [6.07, 6.45) is 14.6. The molecule has 0 aromatic heterocycles. The summed E-state index contributed by atoms with van der Waals surface area (Å²) in [6, 6.07) is 0. The zero-order chi connectivity index (χ0) is 13.9. The summed E-state index contributed by atoms with van der Waals surface area (Å²) in [4.78, 5) is 0. The molecule has 0 aliphatic heterocycles. The van der Waals surface area contributed by atoms with Crippen molar-refractivity contribution in [1.82, 2.24) is 0 Å². The lowest BCUT2D eigenvalue weighted by Crippen LogP contribution is -2.42. The maximum Gasteiger partial charge on any atom is 0.113 e. The highest BCUT2D eigenvalue weighted by molar-refractivity contribution is 4.71. The topological polar surface area (TPSA) is 46.2 Å². The van der Waals surface area contributed by atoms with Crippen LogP contribution >= 0.6 is 0 Å². The quantitative estimate of drug-likeness (QED) is 0.396. The first-order chi connectivity index (χ1) is 8.48. The van der Waals surface area contributed by atoms with Gasteiger partial charge in [0.2, 0.25) is 0 Å².